The van der Waals surface area contributed by atoms with Gasteiger partial charge in [-0.1, -0.05) is 12.1 Å². The molecule has 0 saturated carbocycles. The van der Waals surface area contributed by atoms with Gasteiger partial charge in [0.15, 0.2) is 11.5 Å². The van der Waals surface area contributed by atoms with Gasteiger partial charge in [0, 0.05) is 6.07 Å². The van der Waals surface area contributed by atoms with Crippen LogP contribution in [0.5, 0.6) is 11.5 Å². The first kappa shape index (κ1) is 14.8. The molecule has 1 aromatic carbocycles. The minimum absolute atomic E-state index is 0. The first-order chi connectivity index (χ1) is 4.88. The van der Waals surface area contributed by atoms with Gasteiger partial charge in [-0.25, -0.2) is 0 Å². The van der Waals surface area contributed by atoms with E-state index in [1.54, 1.807) is 20.3 Å². The second-order valence-electron chi connectivity index (χ2n) is 1.77. The monoisotopic (exact) mass is 193 g/mol. The van der Waals surface area contributed by atoms with Gasteiger partial charge in [0.25, 0.3) is 0 Å². The summed E-state index contributed by atoms with van der Waals surface area (Å²) in [6.45, 7) is 0. The molecule has 61 valence electrons. The smallest absolute Gasteiger partial charge is 0.577 e. The molecule has 0 unspecified atom stereocenters. The topological polar surface area (TPSA) is 18.5 Å². The van der Waals surface area contributed by atoms with Crippen molar-refractivity contribution < 1.29 is 39.0 Å². The molecule has 0 N–H and O–H groups in total. The molecule has 0 aliphatic heterocycles. The fourth-order valence-electron chi connectivity index (χ4n) is 0.726. The Kier molecular flexibility index (Phi) is 9.69. The Morgan fingerprint density at radius 2 is 1.92 bits per heavy atom. The van der Waals surface area contributed by atoms with Crippen LogP contribution in [0.15, 0.2) is 18.2 Å². The fourth-order valence-corrected chi connectivity index (χ4v) is 0.726. The first-order valence-corrected chi connectivity index (χ1v) is 2.97. The quantitative estimate of drug-likeness (QED) is 0.435. The van der Waals surface area contributed by atoms with Crippen molar-refractivity contribution in [1.82, 2.24) is 0 Å². The average Bonchev–Trinajstić information content (AvgIpc) is 2.04. The second kappa shape index (κ2) is 7.88. The van der Waals surface area contributed by atoms with Crippen LogP contribution in [-0.2, 0) is 0 Å². The van der Waals surface area contributed by atoms with Crippen molar-refractivity contribution >= 4 is 9.90 Å². The fraction of sp³-hybridized carbons (Fsp3) is 0.250. The predicted octanol–water partition coefficient (Wildman–Crippen LogP) is -1.17. The van der Waals surface area contributed by atoms with E-state index >= 15 is 0 Å². The van der Waals surface area contributed by atoms with Crippen LogP contribution in [-0.4, -0.2) is 14.2 Å². The normalized spacial score (nSPS) is 7.50. The van der Waals surface area contributed by atoms with E-state index in [0.29, 0.717) is 11.5 Å². The van der Waals surface area contributed by atoms with E-state index in [4.69, 9.17) is 9.47 Å². The zero-order chi connectivity index (χ0) is 7.40. The maximum absolute atomic E-state index is 4.98. The van der Waals surface area contributed by atoms with Crippen LogP contribution < -0.4 is 39.0 Å². The molecular formula is C8H11NaO2P. The largest absolute Gasteiger partial charge is 1.00 e. The van der Waals surface area contributed by atoms with Crippen LogP contribution in [0.1, 0.15) is 0 Å². The molecule has 1 aromatic rings. The third kappa shape index (κ3) is 3.77. The number of hydrogen-bond donors (Lipinski definition) is 0. The molecule has 4 heteroatoms. The number of benzene rings is 1. The summed E-state index contributed by atoms with van der Waals surface area (Å²) in [5.74, 6) is 1.36. The van der Waals surface area contributed by atoms with E-state index in [1.165, 1.54) is 0 Å². The first-order valence-electron chi connectivity index (χ1n) is 2.97. The van der Waals surface area contributed by atoms with Gasteiger partial charge in [0.2, 0.25) is 0 Å². The van der Waals surface area contributed by atoms with Crippen LogP contribution >= 0.6 is 9.90 Å². The number of rotatable bonds is 2. The molecule has 0 bridgehead atoms. The van der Waals surface area contributed by atoms with Gasteiger partial charge in [-0.15, -0.1) is 0 Å². The summed E-state index contributed by atoms with van der Waals surface area (Å²) in [6.07, 6.45) is 0. The number of methoxy groups -OCH3 is 2. The number of hydrogen-bond acceptors (Lipinski definition) is 2. The van der Waals surface area contributed by atoms with Gasteiger partial charge in [0.1, 0.15) is 0 Å². The van der Waals surface area contributed by atoms with E-state index in [2.05, 4.69) is 6.07 Å². The number of para-hydroxylation sites is 1. The third-order valence-electron chi connectivity index (χ3n) is 1.21. The van der Waals surface area contributed by atoms with E-state index < -0.39 is 0 Å². The van der Waals surface area contributed by atoms with Gasteiger partial charge in [-0.05, 0) is 6.07 Å². The molecule has 0 atom stereocenters. The molecule has 0 spiro atoms. The van der Waals surface area contributed by atoms with Crippen molar-refractivity contribution in [3.8, 4) is 11.5 Å². The van der Waals surface area contributed by atoms with Crippen molar-refractivity contribution in [3.05, 3.63) is 24.3 Å². The molecule has 1 rings (SSSR count). The van der Waals surface area contributed by atoms with Crippen molar-refractivity contribution in [2.24, 2.45) is 0 Å². The maximum atomic E-state index is 4.98. The third-order valence-corrected chi connectivity index (χ3v) is 1.21. The number of ether oxygens (including phenoxy) is 2. The Morgan fingerprint density at radius 1 is 1.25 bits per heavy atom. The summed E-state index contributed by atoms with van der Waals surface area (Å²) in [5, 5.41) is 0. The summed E-state index contributed by atoms with van der Waals surface area (Å²) in [5.41, 5.74) is 0. The van der Waals surface area contributed by atoms with Gasteiger partial charge in [-0.2, -0.15) is 0 Å². The van der Waals surface area contributed by atoms with Crippen LogP contribution in [0, 0.1) is 6.07 Å². The van der Waals surface area contributed by atoms with Crippen molar-refractivity contribution in [2.45, 2.75) is 0 Å². The molecule has 0 fully saturated rings. The molecule has 0 aromatic heterocycles. The maximum Gasteiger partial charge on any atom is 1.00 e. The molecule has 0 heterocycles. The van der Waals surface area contributed by atoms with Gasteiger partial charge >= 0.3 is 29.6 Å². The van der Waals surface area contributed by atoms with Crippen molar-refractivity contribution in [3.63, 3.8) is 0 Å². The van der Waals surface area contributed by atoms with E-state index in [0.717, 1.165) is 0 Å². The molecule has 0 aliphatic rings. The minimum atomic E-state index is 0. The molecular weight excluding hydrogens is 182 g/mol. The van der Waals surface area contributed by atoms with Gasteiger partial charge in [0.05, 0.1) is 14.2 Å². The van der Waals surface area contributed by atoms with Crippen LogP contribution in [0.2, 0.25) is 0 Å². The van der Waals surface area contributed by atoms with Crippen LogP contribution in [0.3, 0.4) is 0 Å². The van der Waals surface area contributed by atoms with Crippen LogP contribution in [0.25, 0.3) is 0 Å². The molecule has 2 nitrogen and oxygen atoms in total. The standard InChI is InChI=1S/C8H9O2.Na.H2P/c1-9-7-5-3-4-6-8(7)10-2;;/h3-5H,1-2H3;;1H2/q;+1;-1. The van der Waals surface area contributed by atoms with Crippen molar-refractivity contribution in [1.29, 1.82) is 0 Å². The molecule has 0 aliphatic carbocycles. The zero-order valence-corrected chi connectivity index (χ0v) is 10.8. The SMILES string of the molecule is COc1[c]cccc1OC.[Na+].[PH2-]. The van der Waals surface area contributed by atoms with Gasteiger partial charge in [-0.3, -0.25) is 0 Å². The van der Waals surface area contributed by atoms with E-state index in [-0.39, 0.29) is 39.5 Å². The summed E-state index contributed by atoms with van der Waals surface area (Å²) in [4.78, 5) is 0. The van der Waals surface area contributed by atoms with Gasteiger partial charge < -0.3 is 19.4 Å². The molecule has 0 saturated heterocycles. The van der Waals surface area contributed by atoms with E-state index in [9.17, 15) is 0 Å². The second-order valence-corrected chi connectivity index (χ2v) is 1.77. The molecule has 12 heavy (non-hydrogen) atoms. The van der Waals surface area contributed by atoms with Crippen LogP contribution in [0.4, 0.5) is 0 Å². The Balaban J connectivity index is 0. The Morgan fingerprint density at radius 3 is 2.33 bits per heavy atom. The zero-order valence-electron chi connectivity index (χ0n) is 7.63. The molecule has 0 amide bonds. The Hall–Kier alpha value is 0.250. The Bertz CT molecular complexity index is 195. The average molecular weight is 193 g/mol. The summed E-state index contributed by atoms with van der Waals surface area (Å²) in [6, 6.07) is 8.35. The van der Waals surface area contributed by atoms with E-state index in [1.807, 2.05) is 12.1 Å². The summed E-state index contributed by atoms with van der Waals surface area (Å²) >= 11 is 0. The predicted molar refractivity (Wildman–Crippen MR) is 48.1 cm³/mol. The molecule has 1 radical (unpaired) electrons. The summed E-state index contributed by atoms with van der Waals surface area (Å²) < 4.78 is 9.94. The van der Waals surface area contributed by atoms with Crippen molar-refractivity contribution in [2.75, 3.05) is 14.2 Å². The minimum Gasteiger partial charge on any atom is -0.577 e. The Labute approximate surface area is 98.6 Å². The summed E-state index contributed by atoms with van der Waals surface area (Å²) in [7, 11) is 3.19.